The number of anilines is 1. The van der Waals surface area contributed by atoms with Crippen LogP contribution < -0.4 is 9.64 Å². The molecule has 30 heavy (non-hydrogen) atoms. The number of halogens is 1. The molecule has 158 valence electrons. The smallest absolute Gasteiger partial charge is 0.225 e. The Balaban J connectivity index is 1.37. The molecular weight excluding hydrogens is 446 g/mol. The van der Waals surface area contributed by atoms with E-state index in [2.05, 4.69) is 49.2 Å². The first-order valence-electron chi connectivity index (χ1n) is 10.6. The van der Waals surface area contributed by atoms with Crippen molar-refractivity contribution in [2.24, 2.45) is 7.05 Å². The van der Waals surface area contributed by atoms with Gasteiger partial charge in [-0.2, -0.15) is 10.1 Å². The maximum atomic E-state index is 6.49. The van der Waals surface area contributed by atoms with E-state index < -0.39 is 0 Å². The van der Waals surface area contributed by atoms with Gasteiger partial charge in [0.05, 0.1) is 30.3 Å². The Bertz CT molecular complexity index is 1030. The predicted octanol–water partition coefficient (Wildman–Crippen LogP) is 4.07. The first kappa shape index (κ1) is 19.8. The van der Waals surface area contributed by atoms with E-state index in [1.807, 2.05) is 24.1 Å². The second-order valence-corrected chi connectivity index (χ2v) is 9.06. The molecule has 0 bridgehead atoms. The molecular formula is C22H26BrN5O2. The zero-order valence-corrected chi connectivity index (χ0v) is 18.7. The minimum atomic E-state index is 0.174. The number of ether oxygens (including phenoxy) is 2. The zero-order chi connectivity index (χ0) is 20.5. The van der Waals surface area contributed by atoms with Crippen molar-refractivity contribution < 1.29 is 9.47 Å². The fourth-order valence-corrected chi connectivity index (χ4v) is 4.75. The van der Waals surface area contributed by atoms with Crippen LogP contribution >= 0.6 is 15.9 Å². The number of nitrogens with zero attached hydrogens (tertiary/aromatic N) is 5. The fraction of sp³-hybridized carbons (Fsp3) is 0.500. The molecule has 3 aromatic rings. The molecule has 1 aliphatic heterocycles. The van der Waals surface area contributed by atoms with Crippen LogP contribution in [0.15, 0.2) is 35.2 Å². The highest BCUT2D eigenvalue weighted by atomic mass is 79.9. The first-order valence-corrected chi connectivity index (χ1v) is 11.4. The van der Waals surface area contributed by atoms with Gasteiger partial charge < -0.3 is 14.4 Å². The SMILES string of the molecule is Cn1cc([C@H]2CC[C@@H](Oc3nc(N4CCOCC4)cc4ncc(Br)cc34)CC2)cn1. The third-order valence-electron chi connectivity index (χ3n) is 6.08. The number of rotatable bonds is 4. The van der Waals surface area contributed by atoms with Gasteiger partial charge in [-0.25, -0.2) is 0 Å². The molecule has 1 saturated heterocycles. The van der Waals surface area contributed by atoms with Crippen molar-refractivity contribution in [3.8, 4) is 5.88 Å². The lowest BCUT2D eigenvalue weighted by atomic mass is 9.84. The first-order chi connectivity index (χ1) is 14.7. The van der Waals surface area contributed by atoms with Crippen molar-refractivity contribution in [3.05, 3.63) is 40.8 Å². The lowest BCUT2D eigenvalue weighted by Gasteiger charge is -2.30. The summed E-state index contributed by atoms with van der Waals surface area (Å²) in [6, 6.07) is 4.11. The summed E-state index contributed by atoms with van der Waals surface area (Å²) in [7, 11) is 1.97. The minimum Gasteiger partial charge on any atom is -0.474 e. The van der Waals surface area contributed by atoms with E-state index in [9.17, 15) is 0 Å². The Morgan fingerprint density at radius 1 is 1.10 bits per heavy atom. The van der Waals surface area contributed by atoms with Crippen LogP contribution in [-0.4, -0.2) is 52.2 Å². The zero-order valence-electron chi connectivity index (χ0n) is 17.1. The Kier molecular flexibility index (Phi) is 5.60. The third-order valence-corrected chi connectivity index (χ3v) is 6.51. The van der Waals surface area contributed by atoms with Crippen LogP contribution in [0.1, 0.15) is 37.2 Å². The van der Waals surface area contributed by atoms with Gasteiger partial charge in [0.25, 0.3) is 0 Å². The van der Waals surface area contributed by atoms with E-state index in [4.69, 9.17) is 14.5 Å². The van der Waals surface area contributed by atoms with Crippen molar-refractivity contribution in [1.82, 2.24) is 19.7 Å². The molecule has 3 aromatic heterocycles. The number of aromatic nitrogens is 4. The molecule has 5 rings (SSSR count). The summed E-state index contributed by atoms with van der Waals surface area (Å²) in [5.74, 6) is 2.17. The number of fused-ring (bicyclic) bond motifs is 1. The lowest BCUT2D eigenvalue weighted by Crippen LogP contribution is -2.36. The van der Waals surface area contributed by atoms with E-state index in [0.717, 1.165) is 73.2 Å². The number of morpholine rings is 1. The normalized spacial score (nSPS) is 22.4. The maximum Gasteiger partial charge on any atom is 0.225 e. The Morgan fingerprint density at radius 3 is 2.63 bits per heavy atom. The Labute approximate surface area is 184 Å². The topological polar surface area (TPSA) is 65.3 Å². The van der Waals surface area contributed by atoms with Crippen molar-refractivity contribution in [3.63, 3.8) is 0 Å². The van der Waals surface area contributed by atoms with Gasteiger partial charge in [0, 0.05) is 43.1 Å². The van der Waals surface area contributed by atoms with Crippen LogP contribution in [0.3, 0.4) is 0 Å². The number of hydrogen-bond acceptors (Lipinski definition) is 6. The molecule has 1 saturated carbocycles. The molecule has 2 aliphatic rings. The monoisotopic (exact) mass is 471 g/mol. The molecule has 2 fully saturated rings. The van der Waals surface area contributed by atoms with Crippen LogP contribution in [0, 0.1) is 0 Å². The molecule has 0 aromatic carbocycles. The fourth-order valence-electron chi connectivity index (χ4n) is 4.42. The van der Waals surface area contributed by atoms with E-state index in [1.54, 1.807) is 0 Å². The van der Waals surface area contributed by atoms with Crippen molar-refractivity contribution in [2.45, 2.75) is 37.7 Å². The molecule has 4 heterocycles. The van der Waals surface area contributed by atoms with Crippen molar-refractivity contribution >= 4 is 32.7 Å². The van der Waals surface area contributed by atoms with Gasteiger partial charge >= 0.3 is 0 Å². The van der Waals surface area contributed by atoms with Crippen LogP contribution in [0.5, 0.6) is 5.88 Å². The van der Waals surface area contributed by atoms with Gasteiger partial charge in [-0.05, 0) is 59.2 Å². The third kappa shape index (κ3) is 4.16. The Hall–Kier alpha value is -2.19. The summed E-state index contributed by atoms with van der Waals surface area (Å²) in [6.45, 7) is 3.12. The second kappa shape index (κ2) is 8.51. The molecule has 1 aliphatic carbocycles. The quantitative estimate of drug-likeness (QED) is 0.571. The average molecular weight is 472 g/mol. The lowest BCUT2D eigenvalue weighted by molar-refractivity contribution is 0.122. The van der Waals surface area contributed by atoms with Crippen LogP contribution in [-0.2, 0) is 11.8 Å². The van der Waals surface area contributed by atoms with Gasteiger partial charge in [0.1, 0.15) is 11.9 Å². The van der Waals surface area contributed by atoms with Gasteiger partial charge in [-0.3, -0.25) is 9.67 Å². The molecule has 0 amide bonds. The molecule has 0 radical (unpaired) electrons. The molecule has 0 atom stereocenters. The highest BCUT2D eigenvalue weighted by Gasteiger charge is 2.26. The average Bonchev–Trinajstić information content (AvgIpc) is 3.21. The van der Waals surface area contributed by atoms with Gasteiger partial charge in [-0.15, -0.1) is 0 Å². The predicted molar refractivity (Wildman–Crippen MR) is 119 cm³/mol. The number of hydrogen-bond donors (Lipinski definition) is 0. The molecule has 0 unspecified atom stereocenters. The summed E-state index contributed by atoms with van der Waals surface area (Å²) >= 11 is 3.54. The molecule has 8 heteroatoms. The molecule has 7 nitrogen and oxygen atoms in total. The standard InChI is InChI=1S/C22H26BrN5O2/c1-27-14-16(12-25-27)15-2-4-18(5-3-15)30-22-19-10-17(23)13-24-20(19)11-21(26-22)28-6-8-29-9-7-28/h10-15,18H,2-9H2,1H3/t15-,18+. The maximum absolute atomic E-state index is 6.49. The van der Waals surface area contributed by atoms with Gasteiger partial charge in [-0.1, -0.05) is 0 Å². The summed E-state index contributed by atoms with van der Waals surface area (Å²) in [5.41, 5.74) is 2.25. The number of aryl methyl sites for hydroxylation is 1. The van der Waals surface area contributed by atoms with E-state index >= 15 is 0 Å². The summed E-state index contributed by atoms with van der Waals surface area (Å²) < 4.78 is 14.8. The van der Waals surface area contributed by atoms with E-state index in [-0.39, 0.29) is 6.10 Å². The summed E-state index contributed by atoms with van der Waals surface area (Å²) in [5, 5.41) is 5.28. The molecule has 0 N–H and O–H groups in total. The highest BCUT2D eigenvalue weighted by Crippen LogP contribution is 2.36. The van der Waals surface area contributed by atoms with Crippen molar-refractivity contribution in [2.75, 3.05) is 31.2 Å². The van der Waals surface area contributed by atoms with Crippen molar-refractivity contribution in [1.29, 1.82) is 0 Å². The van der Waals surface area contributed by atoms with Crippen LogP contribution in [0.4, 0.5) is 5.82 Å². The summed E-state index contributed by atoms with van der Waals surface area (Å²) in [4.78, 5) is 11.8. The minimum absolute atomic E-state index is 0.174. The molecule has 0 spiro atoms. The van der Waals surface area contributed by atoms with E-state index in [1.165, 1.54) is 5.56 Å². The van der Waals surface area contributed by atoms with Gasteiger partial charge in [0.15, 0.2) is 0 Å². The number of pyridine rings is 2. The van der Waals surface area contributed by atoms with Crippen LogP contribution in [0.2, 0.25) is 0 Å². The van der Waals surface area contributed by atoms with Crippen LogP contribution in [0.25, 0.3) is 10.9 Å². The second-order valence-electron chi connectivity index (χ2n) is 8.14. The largest absolute Gasteiger partial charge is 0.474 e. The highest BCUT2D eigenvalue weighted by molar-refractivity contribution is 9.10. The van der Waals surface area contributed by atoms with E-state index in [0.29, 0.717) is 11.8 Å². The Morgan fingerprint density at radius 2 is 1.90 bits per heavy atom. The van der Waals surface area contributed by atoms with Gasteiger partial charge in [0.2, 0.25) is 5.88 Å². The summed E-state index contributed by atoms with van der Waals surface area (Å²) in [6.07, 6.45) is 10.4.